The van der Waals surface area contributed by atoms with E-state index in [1.165, 1.54) is 81.2 Å². The highest BCUT2D eigenvalue weighted by Gasteiger charge is 2.34. The summed E-state index contributed by atoms with van der Waals surface area (Å²) in [5.41, 5.74) is 15.9. The average Bonchev–Trinajstić information content (AvgIpc) is 3.94. The van der Waals surface area contributed by atoms with Crippen molar-refractivity contribution < 1.29 is 13.3 Å². The SMILES string of the molecule is c1cc2oc3c4c2c(c1)c1ccc2c5oc6cccc7c6c5c5c(c4c4c6c8c(oc9cccc(c98)c8ccc3n84)c3ccc7n3c56)n12. The molecule has 0 unspecified atom stereocenters. The van der Waals surface area contributed by atoms with Gasteiger partial charge in [0, 0.05) is 64.6 Å². The zero-order valence-corrected chi connectivity index (χ0v) is 24.7. The molecule has 0 aliphatic rings. The summed E-state index contributed by atoms with van der Waals surface area (Å²) in [7, 11) is 0. The summed E-state index contributed by atoms with van der Waals surface area (Å²) >= 11 is 0. The minimum atomic E-state index is 0.910. The lowest BCUT2D eigenvalue weighted by Gasteiger charge is -2.17. The lowest BCUT2D eigenvalue weighted by atomic mass is 9.94. The van der Waals surface area contributed by atoms with Crippen molar-refractivity contribution in [3.05, 3.63) is 91.0 Å². The first-order chi connectivity index (χ1) is 23.8. The highest BCUT2D eigenvalue weighted by molar-refractivity contribution is 6.48. The Bertz CT molecular complexity index is 3630. The molecule has 0 amide bonds. The van der Waals surface area contributed by atoms with E-state index in [2.05, 4.69) is 104 Å². The topological polar surface area (TPSA) is 52.6 Å². The number of aromatic nitrogens is 3. The van der Waals surface area contributed by atoms with Crippen LogP contribution in [-0.2, 0) is 0 Å². The van der Waals surface area contributed by atoms with Gasteiger partial charge in [0.2, 0.25) is 0 Å². The molecule has 0 spiro atoms. The van der Waals surface area contributed by atoms with Crippen molar-refractivity contribution in [2.45, 2.75) is 0 Å². The lowest BCUT2D eigenvalue weighted by molar-refractivity contribution is 0.671. The average molecular weight is 610 g/mol. The van der Waals surface area contributed by atoms with E-state index in [4.69, 9.17) is 13.3 Å². The quantitative estimate of drug-likeness (QED) is 0.161. The van der Waals surface area contributed by atoms with Gasteiger partial charge in [-0.2, -0.15) is 0 Å². The monoisotopic (exact) mass is 609 g/mol. The fourth-order valence-electron chi connectivity index (χ4n) is 10.6. The van der Waals surface area contributed by atoms with E-state index in [0.717, 1.165) is 66.6 Å². The lowest BCUT2D eigenvalue weighted by Crippen LogP contribution is -1.99. The van der Waals surface area contributed by atoms with Crippen LogP contribution in [0.1, 0.15) is 0 Å². The molecule has 0 saturated heterocycles. The van der Waals surface area contributed by atoms with E-state index in [1.807, 2.05) is 0 Å². The Kier molecular flexibility index (Phi) is 2.68. The number of nitrogens with zero attached hydrogens (tertiary/aromatic N) is 3. The predicted octanol–water partition coefficient (Wildman–Crippen LogP) is 11.7. The molecule has 216 valence electrons. The van der Waals surface area contributed by atoms with Gasteiger partial charge in [-0.25, -0.2) is 0 Å². The Balaban J connectivity index is 1.52. The van der Waals surface area contributed by atoms with Crippen LogP contribution in [0, 0.1) is 0 Å². The Morgan fingerprint density at radius 1 is 0.292 bits per heavy atom. The molecule has 12 aromatic heterocycles. The number of hydrogen-bond acceptors (Lipinski definition) is 3. The maximum Gasteiger partial charge on any atom is 0.160 e. The Morgan fingerprint density at radius 3 is 0.938 bits per heavy atom. The molecule has 0 N–H and O–H groups in total. The fourth-order valence-corrected chi connectivity index (χ4v) is 10.6. The molecule has 48 heavy (non-hydrogen) atoms. The van der Waals surface area contributed by atoms with Crippen LogP contribution in [0.5, 0.6) is 0 Å². The van der Waals surface area contributed by atoms with Crippen molar-refractivity contribution in [1.29, 1.82) is 0 Å². The van der Waals surface area contributed by atoms with Crippen LogP contribution in [0.3, 0.4) is 0 Å². The van der Waals surface area contributed by atoms with Gasteiger partial charge in [-0.05, 0) is 54.6 Å². The second-order valence-electron chi connectivity index (χ2n) is 13.9. The summed E-state index contributed by atoms with van der Waals surface area (Å²) in [6.45, 7) is 0. The van der Waals surface area contributed by atoms with Gasteiger partial charge in [-0.1, -0.05) is 36.4 Å². The number of rotatable bonds is 0. The molecular formula is C42H15N3O3. The van der Waals surface area contributed by atoms with Crippen molar-refractivity contribution in [3.8, 4) is 0 Å². The van der Waals surface area contributed by atoms with Gasteiger partial charge in [0.1, 0.15) is 16.7 Å². The smallest absolute Gasteiger partial charge is 0.160 e. The molecule has 6 heteroatoms. The Hall–Kier alpha value is -6.66. The molecule has 0 saturated carbocycles. The molecule has 0 aliphatic heterocycles. The maximum atomic E-state index is 6.95. The van der Waals surface area contributed by atoms with Gasteiger partial charge >= 0.3 is 0 Å². The van der Waals surface area contributed by atoms with E-state index in [0.29, 0.717) is 0 Å². The van der Waals surface area contributed by atoms with E-state index >= 15 is 0 Å². The van der Waals surface area contributed by atoms with Crippen molar-refractivity contribution in [1.82, 2.24) is 13.2 Å². The van der Waals surface area contributed by atoms with Crippen LogP contribution < -0.4 is 0 Å². The maximum absolute atomic E-state index is 6.95. The highest BCUT2D eigenvalue weighted by atomic mass is 16.3. The zero-order valence-electron chi connectivity index (χ0n) is 24.7. The van der Waals surface area contributed by atoms with Crippen molar-refractivity contribution >= 4 is 148 Å². The zero-order chi connectivity index (χ0) is 30.0. The van der Waals surface area contributed by atoms with E-state index in [1.54, 1.807) is 0 Å². The second-order valence-corrected chi connectivity index (χ2v) is 13.9. The first kappa shape index (κ1) is 21.2. The summed E-state index contributed by atoms with van der Waals surface area (Å²) in [6, 6.07) is 33.1. The Morgan fingerprint density at radius 2 is 0.604 bits per heavy atom. The molecule has 4 aromatic carbocycles. The number of benzene rings is 4. The summed E-state index contributed by atoms with van der Waals surface area (Å²) in [4.78, 5) is 0. The van der Waals surface area contributed by atoms with Crippen LogP contribution >= 0.6 is 0 Å². The Labute approximate surface area is 264 Å². The number of furan rings is 3. The van der Waals surface area contributed by atoms with Crippen LogP contribution in [0.25, 0.3) is 148 Å². The van der Waals surface area contributed by atoms with Crippen molar-refractivity contribution in [2.24, 2.45) is 0 Å². The summed E-state index contributed by atoms with van der Waals surface area (Å²) < 4.78 is 28.3. The normalized spacial score (nSPS) is 14.2. The van der Waals surface area contributed by atoms with Crippen molar-refractivity contribution in [2.75, 3.05) is 0 Å². The van der Waals surface area contributed by atoms with Crippen LogP contribution in [0.15, 0.2) is 104 Å². The van der Waals surface area contributed by atoms with Gasteiger partial charge < -0.3 is 26.5 Å². The van der Waals surface area contributed by atoms with E-state index < -0.39 is 0 Å². The third-order valence-corrected chi connectivity index (χ3v) is 12.2. The van der Waals surface area contributed by atoms with Crippen molar-refractivity contribution in [3.63, 3.8) is 0 Å². The summed E-state index contributed by atoms with van der Waals surface area (Å²) in [6.07, 6.45) is 0. The molecule has 0 bridgehead atoms. The molecular weight excluding hydrogens is 594 g/mol. The number of hydrogen-bond donors (Lipinski definition) is 0. The summed E-state index contributed by atoms with van der Waals surface area (Å²) in [5.74, 6) is 0. The minimum Gasteiger partial charge on any atom is -0.454 e. The number of fused-ring (bicyclic) bond motifs is 6. The van der Waals surface area contributed by atoms with Gasteiger partial charge in [0.15, 0.2) is 16.7 Å². The van der Waals surface area contributed by atoms with Crippen LogP contribution in [-0.4, -0.2) is 13.2 Å². The largest absolute Gasteiger partial charge is 0.454 e. The molecule has 16 aromatic rings. The van der Waals surface area contributed by atoms with Gasteiger partial charge in [0.05, 0.1) is 49.7 Å². The third kappa shape index (κ3) is 1.74. The van der Waals surface area contributed by atoms with E-state index in [9.17, 15) is 0 Å². The van der Waals surface area contributed by atoms with Crippen LogP contribution in [0.2, 0.25) is 0 Å². The van der Waals surface area contributed by atoms with Gasteiger partial charge in [-0.3, -0.25) is 0 Å². The molecule has 0 radical (unpaired) electrons. The molecule has 12 heterocycles. The van der Waals surface area contributed by atoms with Gasteiger partial charge in [-0.15, -0.1) is 0 Å². The first-order valence-electron chi connectivity index (χ1n) is 16.5. The van der Waals surface area contributed by atoms with Gasteiger partial charge in [0.25, 0.3) is 0 Å². The molecule has 16 rings (SSSR count). The molecule has 0 fully saturated rings. The second kappa shape index (κ2) is 6.08. The number of pyridine rings is 3. The standard InChI is InChI=1S/C42H15N3O3/c1-4-16-19-10-13-23-41-32-29-18(6-3-8-26(29)47-41)21-12-15-24-42-33-30-17(5-2-9-27(30)48-42)20-11-14-22-40-31(28(16)25(7-1)46-40)34-37(43(19)23)35(32)39(45(21)24)36(33)38(34)44(20)22/h1-15H. The van der Waals surface area contributed by atoms with Crippen LogP contribution in [0.4, 0.5) is 0 Å². The summed E-state index contributed by atoms with van der Waals surface area (Å²) in [5, 5.41) is 14.3. The predicted molar refractivity (Wildman–Crippen MR) is 193 cm³/mol. The fraction of sp³-hybridized carbons (Fsp3) is 0. The molecule has 0 atom stereocenters. The minimum absolute atomic E-state index is 0.910. The molecule has 0 aliphatic carbocycles. The first-order valence-corrected chi connectivity index (χ1v) is 16.5. The highest BCUT2D eigenvalue weighted by Crippen LogP contribution is 2.56. The third-order valence-electron chi connectivity index (χ3n) is 12.2. The van der Waals surface area contributed by atoms with E-state index in [-0.39, 0.29) is 0 Å². The molecule has 6 nitrogen and oxygen atoms in total.